The minimum Gasteiger partial charge on any atom is -0.497 e. The van der Waals surface area contributed by atoms with Crippen molar-refractivity contribution in [2.75, 3.05) is 12.4 Å². The van der Waals surface area contributed by atoms with Gasteiger partial charge in [-0.25, -0.2) is 4.98 Å². The number of ether oxygens (including phenoxy) is 1. The molecule has 0 aliphatic heterocycles. The minimum absolute atomic E-state index is 0.245. The van der Waals surface area contributed by atoms with Crippen LogP contribution >= 0.6 is 0 Å². The predicted octanol–water partition coefficient (Wildman–Crippen LogP) is 2.20. The van der Waals surface area contributed by atoms with Crippen LogP contribution in [0.4, 0.5) is 5.82 Å². The zero-order valence-corrected chi connectivity index (χ0v) is 11.7. The number of aromatic nitrogens is 1. The van der Waals surface area contributed by atoms with E-state index in [4.69, 9.17) is 10.5 Å². The molecule has 1 heterocycles. The lowest BCUT2D eigenvalue weighted by molar-refractivity contribution is -0.111. The van der Waals surface area contributed by atoms with Gasteiger partial charge in [0.1, 0.15) is 11.6 Å². The maximum absolute atomic E-state index is 11.8. The molecule has 5 nitrogen and oxygen atoms in total. The summed E-state index contributed by atoms with van der Waals surface area (Å²) in [6.07, 6.45) is 4.81. The third-order valence-corrected chi connectivity index (χ3v) is 2.83. The van der Waals surface area contributed by atoms with Crippen molar-refractivity contribution in [3.8, 4) is 5.75 Å². The van der Waals surface area contributed by atoms with Crippen LogP contribution in [0.15, 0.2) is 48.7 Å². The van der Waals surface area contributed by atoms with Crippen LogP contribution in [0.1, 0.15) is 11.1 Å². The number of anilines is 1. The van der Waals surface area contributed by atoms with E-state index in [1.165, 1.54) is 6.08 Å². The molecular weight excluding hydrogens is 266 g/mol. The van der Waals surface area contributed by atoms with Gasteiger partial charge in [-0.15, -0.1) is 0 Å². The van der Waals surface area contributed by atoms with E-state index in [1.807, 2.05) is 30.3 Å². The van der Waals surface area contributed by atoms with E-state index < -0.39 is 0 Å². The van der Waals surface area contributed by atoms with E-state index in [0.717, 1.165) is 16.9 Å². The number of pyridine rings is 1. The summed E-state index contributed by atoms with van der Waals surface area (Å²) in [4.78, 5) is 15.9. The highest BCUT2D eigenvalue weighted by Crippen LogP contribution is 2.13. The Hall–Kier alpha value is -2.66. The van der Waals surface area contributed by atoms with Crippen molar-refractivity contribution in [2.45, 2.75) is 6.54 Å². The molecule has 0 radical (unpaired) electrons. The Bertz CT molecular complexity index is 636. The Morgan fingerprint density at radius 3 is 2.90 bits per heavy atom. The van der Waals surface area contributed by atoms with E-state index in [-0.39, 0.29) is 5.91 Å². The highest BCUT2D eigenvalue weighted by atomic mass is 16.5. The molecule has 5 heteroatoms. The highest BCUT2D eigenvalue weighted by molar-refractivity contribution is 6.01. The van der Waals surface area contributed by atoms with Gasteiger partial charge in [-0.3, -0.25) is 4.79 Å². The Morgan fingerprint density at radius 1 is 1.38 bits per heavy atom. The lowest BCUT2D eigenvalue weighted by Gasteiger charge is -2.02. The number of rotatable bonds is 5. The smallest absolute Gasteiger partial charge is 0.249 e. The zero-order chi connectivity index (χ0) is 15.1. The number of hydrogen-bond acceptors (Lipinski definition) is 4. The van der Waals surface area contributed by atoms with Crippen molar-refractivity contribution < 1.29 is 9.53 Å². The Kier molecular flexibility index (Phi) is 5.06. The first-order valence-corrected chi connectivity index (χ1v) is 6.49. The molecule has 3 N–H and O–H groups in total. The first-order valence-electron chi connectivity index (χ1n) is 6.49. The van der Waals surface area contributed by atoms with Crippen molar-refractivity contribution in [2.24, 2.45) is 5.73 Å². The number of nitrogens with one attached hydrogen (secondary N) is 1. The molecule has 0 aliphatic rings. The second-order valence-corrected chi connectivity index (χ2v) is 4.36. The number of amides is 1. The lowest BCUT2D eigenvalue weighted by atomic mass is 10.2. The molecule has 2 rings (SSSR count). The molecule has 0 unspecified atom stereocenters. The lowest BCUT2D eigenvalue weighted by Crippen LogP contribution is -2.09. The van der Waals surface area contributed by atoms with Crippen molar-refractivity contribution >= 4 is 17.8 Å². The van der Waals surface area contributed by atoms with Gasteiger partial charge in [-0.05, 0) is 35.4 Å². The molecule has 0 spiro atoms. The van der Waals surface area contributed by atoms with Crippen molar-refractivity contribution in [3.63, 3.8) is 0 Å². The SMILES string of the molecule is COc1cccc(/C=C/C(=O)Nc2ccc(CN)cn2)c1. The van der Waals surface area contributed by atoms with Crippen LogP contribution < -0.4 is 15.8 Å². The number of nitrogens with zero attached hydrogens (tertiary/aromatic N) is 1. The molecule has 1 amide bonds. The van der Waals surface area contributed by atoms with Gasteiger partial charge >= 0.3 is 0 Å². The normalized spacial score (nSPS) is 10.6. The zero-order valence-electron chi connectivity index (χ0n) is 11.7. The third-order valence-electron chi connectivity index (χ3n) is 2.83. The maximum atomic E-state index is 11.8. The maximum Gasteiger partial charge on any atom is 0.249 e. The quantitative estimate of drug-likeness (QED) is 0.825. The Morgan fingerprint density at radius 2 is 2.24 bits per heavy atom. The van der Waals surface area contributed by atoms with Crippen LogP contribution in [-0.4, -0.2) is 18.0 Å². The summed E-state index contributed by atoms with van der Waals surface area (Å²) in [5.74, 6) is 0.995. The summed E-state index contributed by atoms with van der Waals surface area (Å²) in [5.41, 5.74) is 7.29. The van der Waals surface area contributed by atoms with Gasteiger partial charge in [-0.2, -0.15) is 0 Å². The average Bonchev–Trinajstić information content (AvgIpc) is 2.54. The minimum atomic E-state index is -0.245. The Balaban J connectivity index is 1.98. The molecular formula is C16H17N3O2. The fourth-order valence-electron chi connectivity index (χ4n) is 1.70. The van der Waals surface area contributed by atoms with Gasteiger partial charge < -0.3 is 15.8 Å². The monoisotopic (exact) mass is 283 g/mol. The van der Waals surface area contributed by atoms with Gasteiger partial charge in [0.25, 0.3) is 0 Å². The van der Waals surface area contributed by atoms with Crippen LogP contribution in [0, 0.1) is 0 Å². The molecule has 0 saturated carbocycles. The number of carbonyl (C=O) groups is 1. The fourth-order valence-corrected chi connectivity index (χ4v) is 1.70. The number of hydrogen-bond donors (Lipinski definition) is 2. The van der Waals surface area contributed by atoms with E-state index >= 15 is 0 Å². The van der Waals surface area contributed by atoms with Gasteiger partial charge in [0.05, 0.1) is 7.11 Å². The second-order valence-electron chi connectivity index (χ2n) is 4.36. The summed E-state index contributed by atoms with van der Waals surface area (Å²) in [5, 5.41) is 2.68. The van der Waals surface area contributed by atoms with E-state index in [9.17, 15) is 4.79 Å². The van der Waals surface area contributed by atoms with E-state index in [2.05, 4.69) is 10.3 Å². The highest BCUT2D eigenvalue weighted by Gasteiger charge is 1.99. The van der Waals surface area contributed by atoms with Crippen LogP contribution in [0.3, 0.4) is 0 Å². The first kappa shape index (κ1) is 14.7. The van der Waals surface area contributed by atoms with E-state index in [1.54, 1.807) is 25.4 Å². The topological polar surface area (TPSA) is 77.2 Å². The second kappa shape index (κ2) is 7.21. The molecule has 0 aliphatic carbocycles. The predicted molar refractivity (Wildman–Crippen MR) is 82.8 cm³/mol. The van der Waals surface area contributed by atoms with Crippen LogP contribution in [0.25, 0.3) is 6.08 Å². The first-order chi connectivity index (χ1) is 10.2. The molecule has 108 valence electrons. The Labute approximate surface area is 123 Å². The molecule has 21 heavy (non-hydrogen) atoms. The van der Waals surface area contributed by atoms with Gasteiger partial charge in [0.2, 0.25) is 5.91 Å². The van der Waals surface area contributed by atoms with Gasteiger partial charge in [0, 0.05) is 18.8 Å². The summed E-state index contributed by atoms with van der Waals surface area (Å²) in [6.45, 7) is 0.428. The number of nitrogens with two attached hydrogens (primary N) is 1. The van der Waals surface area contributed by atoms with Crippen LogP contribution in [-0.2, 0) is 11.3 Å². The standard InChI is InChI=1S/C16H17N3O2/c1-21-14-4-2-3-12(9-14)6-8-16(20)19-15-7-5-13(10-17)11-18-15/h2-9,11H,10,17H2,1H3,(H,18,19,20)/b8-6+. The summed E-state index contributed by atoms with van der Waals surface area (Å²) in [7, 11) is 1.60. The number of benzene rings is 1. The molecule has 2 aromatic rings. The molecule has 1 aromatic carbocycles. The third kappa shape index (κ3) is 4.43. The molecule has 0 atom stereocenters. The molecule has 1 aromatic heterocycles. The largest absolute Gasteiger partial charge is 0.497 e. The summed E-state index contributed by atoms with van der Waals surface area (Å²) in [6, 6.07) is 11.0. The summed E-state index contributed by atoms with van der Waals surface area (Å²) < 4.78 is 5.12. The van der Waals surface area contributed by atoms with Crippen molar-refractivity contribution in [3.05, 3.63) is 59.8 Å². The average molecular weight is 283 g/mol. The van der Waals surface area contributed by atoms with Crippen LogP contribution in [0.5, 0.6) is 5.75 Å². The summed E-state index contributed by atoms with van der Waals surface area (Å²) >= 11 is 0. The number of methoxy groups -OCH3 is 1. The molecule has 0 bridgehead atoms. The van der Waals surface area contributed by atoms with Crippen LogP contribution in [0.2, 0.25) is 0 Å². The molecule has 0 saturated heterocycles. The number of carbonyl (C=O) groups excluding carboxylic acids is 1. The fraction of sp³-hybridized carbons (Fsp3) is 0.125. The van der Waals surface area contributed by atoms with Crippen molar-refractivity contribution in [1.82, 2.24) is 4.98 Å². The molecule has 0 fully saturated rings. The van der Waals surface area contributed by atoms with Gasteiger partial charge in [-0.1, -0.05) is 18.2 Å². The van der Waals surface area contributed by atoms with Gasteiger partial charge in [0.15, 0.2) is 0 Å². The van der Waals surface area contributed by atoms with E-state index in [0.29, 0.717) is 12.4 Å². The van der Waals surface area contributed by atoms with Crippen molar-refractivity contribution in [1.29, 1.82) is 0 Å².